The van der Waals surface area contributed by atoms with Crippen molar-refractivity contribution in [1.29, 1.82) is 0 Å². The summed E-state index contributed by atoms with van der Waals surface area (Å²) in [6.45, 7) is 3.43. The number of primary amides is 1. The maximum Gasteiger partial charge on any atom is 0.318 e. The maximum absolute atomic E-state index is 12.4. The molecular formula is C14H25N3O4. The summed E-state index contributed by atoms with van der Waals surface area (Å²) in [5.74, 6) is -1.44. The highest BCUT2D eigenvalue weighted by atomic mass is 16.4. The summed E-state index contributed by atoms with van der Waals surface area (Å²) in [4.78, 5) is 35.7. The van der Waals surface area contributed by atoms with Crippen LogP contribution in [0.25, 0.3) is 0 Å². The van der Waals surface area contributed by atoms with Gasteiger partial charge in [0.2, 0.25) is 5.91 Å². The minimum Gasteiger partial charge on any atom is -0.481 e. The van der Waals surface area contributed by atoms with Crippen LogP contribution in [0.2, 0.25) is 0 Å². The molecule has 1 rings (SSSR count). The molecule has 3 amide bonds. The van der Waals surface area contributed by atoms with Gasteiger partial charge in [-0.25, -0.2) is 4.79 Å². The van der Waals surface area contributed by atoms with Gasteiger partial charge in [-0.15, -0.1) is 0 Å². The van der Waals surface area contributed by atoms with E-state index in [0.717, 1.165) is 25.7 Å². The van der Waals surface area contributed by atoms with Crippen LogP contribution in [0.3, 0.4) is 0 Å². The molecular weight excluding hydrogens is 274 g/mol. The minimum absolute atomic E-state index is 0.0213. The lowest BCUT2D eigenvalue weighted by molar-refractivity contribution is -0.137. The van der Waals surface area contributed by atoms with E-state index in [-0.39, 0.29) is 25.0 Å². The van der Waals surface area contributed by atoms with E-state index in [1.807, 2.05) is 0 Å². The quantitative estimate of drug-likeness (QED) is 0.652. The number of nitrogens with one attached hydrogen (secondary N) is 1. The number of carbonyl (C=O) groups is 3. The van der Waals surface area contributed by atoms with Gasteiger partial charge in [0, 0.05) is 18.0 Å². The Morgan fingerprint density at radius 3 is 2.33 bits per heavy atom. The molecule has 0 heterocycles. The molecule has 7 nitrogen and oxygen atoms in total. The van der Waals surface area contributed by atoms with E-state index in [2.05, 4.69) is 5.32 Å². The third kappa shape index (κ3) is 6.01. The van der Waals surface area contributed by atoms with E-state index in [1.54, 1.807) is 13.8 Å². The molecule has 0 unspecified atom stereocenters. The molecule has 4 N–H and O–H groups in total. The predicted molar refractivity (Wildman–Crippen MR) is 77.6 cm³/mol. The normalized spacial score (nSPS) is 15.7. The van der Waals surface area contributed by atoms with E-state index in [4.69, 9.17) is 10.8 Å². The van der Waals surface area contributed by atoms with Crippen molar-refractivity contribution in [2.45, 2.75) is 64.0 Å². The number of aliphatic carboxylic acids is 1. The number of nitrogens with zero attached hydrogens (tertiary/aromatic N) is 1. The summed E-state index contributed by atoms with van der Waals surface area (Å²) in [7, 11) is 0. The number of carboxylic acid groups (broad SMARTS) is 1. The summed E-state index contributed by atoms with van der Waals surface area (Å²) in [6.07, 6.45) is 4.12. The molecule has 1 aliphatic rings. The summed E-state index contributed by atoms with van der Waals surface area (Å²) in [6, 6.07) is -0.316. The topological polar surface area (TPSA) is 113 Å². The van der Waals surface area contributed by atoms with Crippen molar-refractivity contribution in [3.05, 3.63) is 0 Å². The van der Waals surface area contributed by atoms with Crippen molar-refractivity contribution in [3.63, 3.8) is 0 Å². The lowest BCUT2D eigenvalue weighted by atomic mass is 9.98. The minimum atomic E-state index is -0.901. The van der Waals surface area contributed by atoms with Crippen molar-refractivity contribution >= 4 is 17.9 Å². The maximum atomic E-state index is 12.4. The lowest BCUT2D eigenvalue weighted by Gasteiger charge is -2.33. The predicted octanol–water partition coefficient (Wildman–Crippen LogP) is 1.07. The van der Waals surface area contributed by atoms with Gasteiger partial charge in [-0.3, -0.25) is 9.59 Å². The second-order valence-electron chi connectivity index (χ2n) is 6.24. The van der Waals surface area contributed by atoms with Crippen molar-refractivity contribution < 1.29 is 19.5 Å². The largest absolute Gasteiger partial charge is 0.481 e. The van der Waals surface area contributed by atoms with Gasteiger partial charge in [-0.05, 0) is 33.1 Å². The average molecular weight is 299 g/mol. The third-order valence-electron chi connectivity index (χ3n) is 3.76. The Bertz CT molecular complexity index is 403. The first-order chi connectivity index (χ1) is 9.71. The number of nitrogens with two attached hydrogens (primary N) is 1. The standard InChI is InChI=1S/C14H25N3O4/c1-14(2,8-7-12(19)20)16-13(21)17(9-11(15)18)10-5-3-4-6-10/h10H,3-9H2,1-2H3,(H2,15,18)(H,16,21)(H,19,20). The van der Waals surface area contributed by atoms with Gasteiger partial charge >= 0.3 is 12.0 Å². The van der Waals surface area contributed by atoms with Gasteiger partial charge < -0.3 is 21.1 Å². The van der Waals surface area contributed by atoms with Gasteiger partial charge in [0.05, 0.1) is 0 Å². The molecule has 0 aromatic heterocycles. The first-order valence-electron chi connectivity index (χ1n) is 7.30. The summed E-state index contributed by atoms with van der Waals surface area (Å²) < 4.78 is 0. The highest BCUT2D eigenvalue weighted by Crippen LogP contribution is 2.24. The number of rotatable bonds is 7. The molecule has 1 aliphatic carbocycles. The first kappa shape index (κ1) is 17.3. The zero-order valence-electron chi connectivity index (χ0n) is 12.7. The van der Waals surface area contributed by atoms with Crippen LogP contribution < -0.4 is 11.1 Å². The van der Waals surface area contributed by atoms with Crippen LogP contribution in [-0.4, -0.2) is 46.0 Å². The molecule has 21 heavy (non-hydrogen) atoms. The first-order valence-corrected chi connectivity index (χ1v) is 7.30. The molecule has 0 atom stereocenters. The number of urea groups is 1. The lowest BCUT2D eigenvalue weighted by Crippen LogP contribution is -2.54. The molecule has 0 aromatic rings. The van der Waals surface area contributed by atoms with Crippen LogP contribution in [0.1, 0.15) is 52.4 Å². The monoisotopic (exact) mass is 299 g/mol. The zero-order valence-corrected chi connectivity index (χ0v) is 12.7. The SMILES string of the molecule is CC(C)(CCC(=O)O)NC(=O)N(CC(N)=O)C1CCCC1. The number of hydrogen-bond acceptors (Lipinski definition) is 3. The molecule has 1 saturated carbocycles. The van der Waals surface area contributed by atoms with Crippen molar-refractivity contribution in [2.75, 3.05) is 6.54 Å². The molecule has 7 heteroatoms. The number of amides is 3. The van der Waals surface area contributed by atoms with Crippen LogP contribution in [0.15, 0.2) is 0 Å². The van der Waals surface area contributed by atoms with Crippen LogP contribution in [-0.2, 0) is 9.59 Å². The Hall–Kier alpha value is -1.79. The fourth-order valence-corrected chi connectivity index (χ4v) is 2.59. The highest BCUT2D eigenvalue weighted by molar-refractivity contribution is 5.83. The van der Waals surface area contributed by atoms with Gasteiger partial charge in [0.25, 0.3) is 0 Å². The zero-order chi connectivity index (χ0) is 16.0. The highest BCUT2D eigenvalue weighted by Gasteiger charge is 2.31. The van der Waals surface area contributed by atoms with Crippen LogP contribution in [0, 0.1) is 0 Å². The van der Waals surface area contributed by atoms with Gasteiger partial charge in [-0.1, -0.05) is 12.8 Å². The second kappa shape index (κ2) is 7.28. The molecule has 0 bridgehead atoms. The number of carboxylic acids is 1. The van der Waals surface area contributed by atoms with E-state index in [1.165, 1.54) is 4.90 Å². The molecule has 0 spiro atoms. The van der Waals surface area contributed by atoms with Crippen LogP contribution >= 0.6 is 0 Å². The molecule has 0 aliphatic heterocycles. The average Bonchev–Trinajstić information content (AvgIpc) is 2.86. The fourth-order valence-electron chi connectivity index (χ4n) is 2.59. The smallest absolute Gasteiger partial charge is 0.318 e. The van der Waals surface area contributed by atoms with E-state index >= 15 is 0 Å². The van der Waals surface area contributed by atoms with Crippen LogP contribution in [0.5, 0.6) is 0 Å². The molecule has 0 radical (unpaired) electrons. The van der Waals surface area contributed by atoms with Crippen LogP contribution in [0.4, 0.5) is 4.79 Å². The molecule has 0 saturated heterocycles. The summed E-state index contributed by atoms with van der Waals surface area (Å²) in [5.41, 5.74) is 4.57. The van der Waals surface area contributed by atoms with Gasteiger partial charge in [0.15, 0.2) is 0 Å². The Kier molecular flexibility index (Phi) is 5.99. The van der Waals surface area contributed by atoms with E-state index in [0.29, 0.717) is 6.42 Å². The van der Waals surface area contributed by atoms with Crippen molar-refractivity contribution in [2.24, 2.45) is 5.73 Å². The Balaban J connectivity index is 2.66. The summed E-state index contributed by atoms with van der Waals surface area (Å²) in [5, 5.41) is 11.5. The van der Waals surface area contributed by atoms with E-state index < -0.39 is 17.4 Å². The Morgan fingerprint density at radius 1 is 1.29 bits per heavy atom. The van der Waals surface area contributed by atoms with Crippen molar-refractivity contribution in [1.82, 2.24) is 10.2 Å². The molecule has 120 valence electrons. The Morgan fingerprint density at radius 2 is 1.86 bits per heavy atom. The van der Waals surface area contributed by atoms with Crippen molar-refractivity contribution in [3.8, 4) is 0 Å². The van der Waals surface area contributed by atoms with Gasteiger partial charge in [0.1, 0.15) is 6.54 Å². The van der Waals surface area contributed by atoms with E-state index in [9.17, 15) is 14.4 Å². The summed E-state index contributed by atoms with van der Waals surface area (Å²) >= 11 is 0. The number of hydrogen-bond donors (Lipinski definition) is 3. The molecule has 0 aromatic carbocycles. The third-order valence-corrected chi connectivity index (χ3v) is 3.76. The second-order valence-corrected chi connectivity index (χ2v) is 6.24. The molecule has 1 fully saturated rings. The number of carbonyl (C=O) groups excluding carboxylic acids is 2. The Labute approximate surface area is 124 Å². The van der Waals surface area contributed by atoms with Gasteiger partial charge in [-0.2, -0.15) is 0 Å². The fraction of sp³-hybridized carbons (Fsp3) is 0.786.